The standard InChI is InChI=1S/C20H24FN3O3/c1-3-27-19(25)12-22-20(26)14-6-8-24(9-7-14)18-10-13(2)23-17-5-4-15(21)11-16(17)18/h4-5,10-11,14H,3,6-9,12H2,1-2H3,(H,22,26). The van der Waals surface area contributed by atoms with Gasteiger partial charge in [-0.25, -0.2) is 4.39 Å². The summed E-state index contributed by atoms with van der Waals surface area (Å²) in [5.41, 5.74) is 2.58. The molecule has 0 bridgehead atoms. The number of pyridine rings is 1. The maximum absolute atomic E-state index is 13.7. The van der Waals surface area contributed by atoms with E-state index in [9.17, 15) is 14.0 Å². The van der Waals surface area contributed by atoms with E-state index in [0.717, 1.165) is 22.3 Å². The van der Waals surface area contributed by atoms with E-state index in [1.807, 2.05) is 13.0 Å². The predicted molar refractivity (Wildman–Crippen MR) is 101 cm³/mol. The van der Waals surface area contributed by atoms with Gasteiger partial charge < -0.3 is 15.0 Å². The molecule has 7 heteroatoms. The van der Waals surface area contributed by atoms with Gasteiger partial charge in [-0.3, -0.25) is 14.6 Å². The van der Waals surface area contributed by atoms with Crippen molar-refractivity contribution >= 4 is 28.5 Å². The van der Waals surface area contributed by atoms with Gasteiger partial charge >= 0.3 is 5.97 Å². The number of nitrogens with one attached hydrogen (secondary N) is 1. The lowest BCUT2D eigenvalue weighted by molar-refractivity contribution is -0.143. The molecule has 0 saturated carbocycles. The van der Waals surface area contributed by atoms with Crippen molar-refractivity contribution in [3.05, 3.63) is 35.8 Å². The lowest BCUT2D eigenvalue weighted by atomic mass is 9.95. The minimum atomic E-state index is -0.427. The monoisotopic (exact) mass is 373 g/mol. The first-order valence-corrected chi connectivity index (χ1v) is 9.23. The summed E-state index contributed by atoms with van der Waals surface area (Å²) in [6, 6.07) is 6.58. The molecule has 1 aromatic carbocycles. The summed E-state index contributed by atoms with van der Waals surface area (Å²) >= 11 is 0. The molecule has 0 aliphatic carbocycles. The summed E-state index contributed by atoms with van der Waals surface area (Å²) in [6.07, 6.45) is 1.35. The van der Waals surface area contributed by atoms with Gasteiger partial charge in [-0.15, -0.1) is 0 Å². The molecule has 0 unspecified atom stereocenters. The first-order chi connectivity index (χ1) is 13.0. The molecule has 3 rings (SSSR count). The Bertz CT molecular complexity index is 848. The number of carbonyl (C=O) groups excluding carboxylic acids is 2. The molecule has 1 N–H and O–H groups in total. The van der Waals surface area contributed by atoms with Crippen molar-refractivity contribution in [1.82, 2.24) is 10.3 Å². The van der Waals surface area contributed by atoms with E-state index in [1.165, 1.54) is 12.1 Å². The first-order valence-electron chi connectivity index (χ1n) is 9.23. The molecule has 1 aliphatic rings. The second-order valence-corrected chi connectivity index (χ2v) is 6.73. The molecule has 1 fully saturated rings. The third-order valence-corrected chi connectivity index (χ3v) is 4.80. The molecule has 2 heterocycles. The molecule has 6 nitrogen and oxygen atoms in total. The fourth-order valence-corrected chi connectivity index (χ4v) is 3.47. The van der Waals surface area contributed by atoms with Crippen LogP contribution in [0.15, 0.2) is 24.3 Å². The van der Waals surface area contributed by atoms with E-state index < -0.39 is 5.97 Å². The summed E-state index contributed by atoms with van der Waals surface area (Å²) in [7, 11) is 0. The SMILES string of the molecule is CCOC(=O)CNC(=O)C1CCN(c2cc(C)nc3ccc(F)cc23)CC1. The highest BCUT2D eigenvalue weighted by atomic mass is 19.1. The first kappa shape index (κ1) is 19.1. The van der Waals surface area contributed by atoms with Crippen LogP contribution in [0.1, 0.15) is 25.5 Å². The second kappa shape index (κ2) is 8.33. The normalized spacial score (nSPS) is 15.0. The Morgan fingerprint density at radius 2 is 2.04 bits per heavy atom. The largest absolute Gasteiger partial charge is 0.465 e. The van der Waals surface area contributed by atoms with Crippen molar-refractivity contribution < 1.29 is 18.7 Å². The van der Waals surface area contributed by atoms with Crippen LogP contribution in [0.2, 0.25) is 0 Å². The maximum atomic E-state index is 13.7. The molecule has 0 atom stereocenters. The van der Waals surface area contributed by atoms with E-state index >= 15 is 0 Å². The molecule has 2 aromatic rings. The van der Waals surface area contributed by atoms with Gasteiger partial charge in [-0.2, -0.15) is 0 Å². The Kier molecular flexibility index (Phi) is 5.88. The van der Waals surface area contributed by atoms with Crippen LogP contribution in [-0.2, 0) is 14.3 Å². The van der Waals surface area contributed by atoms with Crippen molar-refractivity contribution in [1.29, 1.82) is 0 Å². The Labute approximate surface area is 157 Å². The summed E-state index contributed by atoms with van der Waals surface area (Å²) in [4.78, 5) is 30.3. The van der Waals surface area contributed by atoms with Crippen molar-refractivity contribution in [2.75, 3.05) is 31.1 Å². The number of anilines is 1. The Morgan fingerprint density at radius 1 is 1.30 bits per heavy atom. The Morgan fingerprint density at radius 3 is 2.74 bits per heavy atom. The van der Waals surface area contributed by atoms with Crippen LogP contribution in [0.25, 0.3) is 10.9 Å². The van der Waals surface area contributed by atoms with Crippen molar-refractivity contribution in [3.63, 3.8) is 0 Å². The predicted octanol–water partition coefficient (Wildman–Crippen LogP) is 2.58. The van der Waals surface area contributed by atoms with E-state index in [4.69, 9.17) is 4.74 Å². The lowest BCUT2D eigenvalue weighted by Gasteiger charge is -2.33. The van der Waals surface area contributed by atoms with Crippen LogP contribution in [0.5, 0.6) is 0 Å². The van der Waals surface area contributed by atoms with Crippen molar-refractivity contribution in [2.24, 2.45) is 5.92 Å². The number of rotatable bonds is 5. The zero-order valence-corrected chi connectivity index (χ0v) is 15.6. The molecule has 27 heavy (non-hydrogen) atoms. The third kappa shape index (κ3) is 4.53. The van der Waals surface area contributed by atoms with E-state index in [-0.39, 0.29) is 24.2 Å². The zero-order chi connectivity index (χ0) is 19.4. The van der Waals surface area contributed by atoms with Crippen LogP contribution in [0.4, 0.5) is 10.1 Å². The number of hydrogen-bond acceptors (Lipinski definition) is 5. The van der Waals surface area contributed by atoms with E-state index in [1.54, 1.807) is 13.0 Å². The number of hydrogen-bond donors (Lipinski definition) is 1. The summed E-state index contributed by atoms with van der Waals surface area (Å²) in [5.74, 6) is -0.974. The molecular weight excluding hydrogens is 349 g/mol. The van der Waals surface area contributed by atoms with Crippen LogP contribution >= 0.6 is 0 Å². The minimum absolute atomic E-state index is 0.0969. The fourth-order valence-electron chi connectivity index (χ4n) is 3.47. The molecule has 1 saturated heterocycles. The fraction of sp³-hybridized carbons (Fsp3) is 0.450. The highest BCUT2D eigenvalue weighted by Gasteiger charge is 2.26. The van der Waals surface area contributed by atoms with Gasteiger partial charge in [-0.1, -0.05) is 0 Å². The molecule has 0 spiro atoms. The van der Waals surface area contributed by atoms with Gasteiger partial charge in [0.25, 0.3) is 0 Å². The highest BCUT2D eigenvalue weighted by molar-refractivity contribution is 5.92. The zero-order valence-electron chi connectivity index (χ0n) is 15.6. The summed E-state index contributed by atoms with van der Waals surface area (Å²) in [5, 5.41) is 3.43. The number of nitrogens with zero attached hydrogens (tertiary/aromatic N) is 2. The van der Waals surface area contributed by atoms with Gasteiger partial charge in [-0.05, 0) is 51.0 Å². The quantitative estimate of drug-likeness (QED) is 0.816. The lowest BCUT2D eigenvalue weighted by Crippen LogP contribution is -2.42. The van der Waals surface area contributed by atoms with E-state index in [2.05, 4.69) is 15.2 Å². The van der Waals surface area contributed by atoms with Gasteiger partial charge in [0.2, 0.25) is 5.91 Å². The van der Waals surface area contributed by atoms with Gasteiger partial charge in [0.15, 0.2) is 0 Å². The molecule has 1 amide bonds. The number of halogens is 1. The Balaban J connectivity index is 1.66. The maximum Gasteiger partial charge on any atom is 0.325 e. The van der Waals surface area contributed by atoms with Gasteiger partial charge in [0, 0.05) is 35.8 Å². The average Bonchev–Trinajstić information content (AvgIpc) is 2.66. The molecule has 1 aliphatic heterocycles. The second-order valence-electron chi connectivity index (χ2n) is 6.73. The van der Waals surface area contributed by atoms with Crippen LogP contribution in [0.3, 0.4) is 0 Å². The molecular formula is C20H24FN3O3. The number of piperidine rings is 1. The minimum Gasteiger partial charge on any atom is -0.465 e. The number of fused-ring (bicyclic) bond motifs is 1. The van der Waals surface area contributed by atoms with Crippen LogP contribution in [0, 0.1) is 18.7 Å². The van der Waals surface area contributed by atoms with Gasteiger partial charge in [0.05, 0.1) is 12.1 Å². The smallest absolute Gasteiger partial charge is 0.325 e. The number of aromatic nitrogens is 1. The van der Waals surface area contributed by atoms with Gasteiger partial charge in [0.1, 0.15) is 12.4 Å². The summed E-state index contributed by atoms with van der Waals surface area (Å²) < 4.78 is 18.5. The van der Waals surface area contributed by atoms with Crippen LogP contribution < -0.4 is 10.2 Å². The third-order valence-electron chi connectivity index (χ3n) is 4.80. The number of aryl methyl sites for hydroxylation is 1. The summed E-state index contributed by atoms with van der Waals surface area (Å²) in [6.45, 7) is 5.22. The number of benzene rings is 1. The number of carbonyl (C=O) groups is 2. The number of esters is 1. The van der Waals surface area contributed by atoms with E-state index in [0.29, 0.717) is 32.5 Å². The highest BCUT2D eigenvalue weighted by Crippen LogP contribution is 2.31. The average molecular weight is 373 g/mol. The van der Waals surface area contributed by atoms with Crippen LogP contribution in [-0.4, -0.2) is 43.1 Å². The van der Waals surface area contributed by atoms with Crippen molar-refractivity contribution in [3.8, 4) is 0 Å². The number of amides is 1. The molecule has 0 radical (unpaired) electrons. The molecule has 144 valence electrons. The number of ether oxygens (including phenoxy) is 1. The Hall–Kier alpha value is -2.70. The topological polar surface area (TPSA) is 71.5 Å². The van der Waals surface area contributed by atoms with Crippen molar-refractivity contribution in [2.45, 2.75) is 26.7 Å². The molecule has 1 aromatic heterocycles.